The zero-order chi connectivity index (χ0) is 12.6. The number of aromatic amines is 1. The van der Waals surface area contributed by atoms with Crippen LogP contribution in [-0.2, 0) is 9.47 Å². The van der Waals surface area contributed by atoms with Crippen LogP contribution in [0.4, 0.5) is 14.6 Å². The fourth-order valence-corrected chi connectivity index (χ4v) is 1.43. The lowest BCUT2D eigenvalue weighted by molar-refractivity contribution is -0.791. The van der Waals surface area contributed by atoms with Gasteiger partial charge in [-0.25, -0.2) is 0 Å². The van der Waals surface area contributed by atoms with E-state index in [1.54, 1.807) is 0 Å². The minimum absolute atomic E-state index is 0.0344. The number of nitrogens with one attached hydrogen (secondary N) is 1. The van der Waals surface area contributed by atoms with Crippen LogP contribution < -0.4 is 16.0 Å². The number of hydrogen-bond donors (Lipinski definition) is 3. The second-order valence-corrected chi connectivity index (χ2v) is 3.39. The van der Waals surface area contributed by atoms with Crippen molar-refractivity contribution in [2.45, 2.75) is 18.6 Å². The number of nitrogens with zero attached hydrogens (tertiary/aromatic N) is 1. The number of nitrogens with two attached hydrogens (primary N) is 1. The number of ether oxygens (including phenoxy) is 2. The summed E-state index contributed by atoms with van der Waals surface area (Å²) in [5.41, 5.74) is 4.41. The molecule has 9 heteroatoms. The van der Waals surface area contributed by atoms with Gasteiger partial charge in [-0.2, -0.15) is 23.1 Å². The number of aliphatic hydroxyl groups is 1. The Kier molecular flexibility index (Phi) is 2.81. The topological polar surface area (TPSA) is 101 Å². The maximum atomic E-state index is 13.3. The van der Waals surface area contributed by atoms with E-state index in [0.717, 1.165) is 6.20 Å². The van der Waals surface area contributed by atoms with E-state index in [0.29, 0.717) is 4.57 Å². The van der Waals surface area contributed by atoms with Gasteiger partial charge in [-0.3, -0.25) is 9.47 Å². The summed E-state index contributed by atoms with van der Waals surface area (Å²) in [5.74, 6) is 0.0344. The number of nitrogen functional groups attached to an aromatic ring is 1. The first-order valence-electron chi connectivity index (χ1n) is 4.66. The van der Waals surface area contributed by atoms with Crippen LogP contribution in [0.1, 0.15) is 6.23 Å². The molecule has 17 heavy (non-hydrogen) atoms. The molecule has 2 unspecified atom stereocenters. The molecule has 0 spiro atoms. The van der Waals surface area contributed by atoms with E-state index in [-0.39, 0.29) is 5.82 Å². The quantitative estimate of drug-likeness (QED) is 0.566. The highest BCUT2D eigenvalue weighted by Gasteiger charge is 2.56. The monoisotopic (exact) mass is 250 g/mol. The first kappa shape index (κ1) is 11.9. The number of alkyl halides is 2. The molecular weight excluding hydrogens is 240 g/mol. The number of aliphatic hydroxyl groups excluding tert-OH is 1. The molecular formula is C8H10F2N3O4+. The molecule has 0 amide bonds. The maximum Gasteiger partial charge on any atom is 0.499 e. The zero-order valence-corrected chi connectivity index (χ0v) is 8.47. The second kappa shape index (κ2) is 4.02. The first-order valence-corrected chi connectivity index (χ1v) is 4.66. The van der Waals surface area contributed by atoms with Crippen LogP contribution in [0, 0.1) is 0 Å². The van der Waals surface area contributed by atoms with Crippen molar-refractivity contribution in [3.63, 3.8) is 0 Å². The molecule has 1 saturated heterocycles. The predicted molar refractivity (Wildman–Crippen MR) is 48.7 cm³/mol. The summed E-state index contributed by atoms with van der Waals surface area (Å²) in [6.07, 6.45) is -6.07. The average molecular weight is 250 g/mol. The second-order valence-electron chi connectivity index (χ2n) is 3.39. The summed E-state index contributed by atoms with van der Waals surface area (Å²) < 4.78 is 36.2. The largest absolute Gasteiger partial charge is 0.499 e. The van der Waals surface area contributed by atoms with Crippen molar-refractivity contribution in [1.29, 1.82) is 0 Å². The highest BCUT2D eigenvalue weighted by Crippen LogP contribution is 2.36. The first-order chi connectivity index (χ1) is 7.94. The Morgan fingerprint density at radius 3 is 2.88 bits per heavy atom. The van der Waals surface area contributed by atoms with Gasteiger partial charge in [-0.1, -0.05) is 0 Å². The van der Waals surface area contributed by atoms with Crippen LogP contribution in [0.25, 0.3) is 0 Å². The van der Waals surface area contributed by atoms with Crippen molar-refractivity contribution in [3.05, 3.63) is 22.7 Å². The van der Waals surface area contributed by atoms with E-state index < -0.39 is 30.9 Å². The third-order valence-electron chi connectivity index (χ3n) is 2.16. The van der Waals surface area contributed by atoms with Gasteiger partial charge < -0.3 is 10.8 Å². The summed E-state index contributed by atoms with van der Waals surface area (Å²) in [7, 11) is 0. The van der Waals surface area contributed by atoms with Gasteiger partial charge in [0.25, 0.3) is 0 Å². The molecule has 94 valence electrons. The lowest BCUT2D eigenvalue weighted by Crippen LogP contribution is -2.59. The van der Waals surface area contributed by atoms with Gasteiger partial charge in [0.05, 0.1) is 6.61 Å². The predicted octanol–water partition coefficient (Wildman–Crippen LogP) is -1.30. The Balaban J connectivity index is 2.37. The fraction of sp³-hybridized carbons (Fsp3) is 0.500. The van der Waals surface area contributed by atoms with Crippen molar-refractivity contribution in [1.82, 2.24) is 4.98 Å². The van der Waals surface area contributed by atoms with Crippen LogP contribution in [0.3, 0.4) is 0 Å². The SMILES string of the molecule is Nc1cc[n+](C2OC(CO)OC2(F)F)c(=O)[nH]1. The molecule has 1 aromatic rings. The molecule has 7 nitrogen and oxygen atoms in total. The summed E-state index contributed by atoms with van der Waals surface area (Å²) in [6, 6.07) is 1.23. The molecule has 0 bridgehead atoms. The van der Waals surface area contributed by atoms with Crippen molar-refractivity contribution < 1.29 is 27.9 Å². The van der Waals surface area contributed by atoms with Gasteiger partial charge in [-0.15, -0.1) is 0 Å². The van der Waals surface area contributed by atoms with Crippen molar-refractivity contribution in [2.75, 3.05) is 12.3 Å². The van der Waals surface area contributed by atoms with Crippen LogP contribution in [-0.4, -0.2) is 29.1 Å². The van der Waals surface area contributed by atoms with E-state index in [2.05, 4.69) is 9.72 Å². The number of aromatic nitrogens is 2. The summed E-state index contributed by atoms with van der Waals surface area (Å²) >= 11 is 0. The molecule has 4 N–H and O–H groups in total. The Hall–Kier alpha value is -1.58. The summed E-state index contributed by atoms with van der Waals surface area (Å²) in [5, 5.41) is 8.68. The molecule has 0 aromatic carbocycles. The third-order valence-corrected chi connectivity index (χ3v) is 2.16. The van der Waals surface area contributed by atoms with Crippen molar-refractivity contribution >= 4 is 5.82 Å². The minimum Gasteiger partial charge on any atom is -0.391 e. The van der Waals surface area contributed by atoms with E-state index >= 15 is 0 Å². The van der Waals surface area contributed by atoms with Gasteiger partial charge in [0.15, 0.2) is 12.1 Å². The van der Waals surface area contributed by atoms with Crippen LogP contribution in [0.15, 0.2) is 17.1 Å². The zero-order valence-electron chi connectivity index (χ0n) is 8.47. The molecule has 2 atom stereocenters. The van der Waals surface area contributed by atoms with Gasteiger partial charge in [-0.05, 0) is 0 Å². The Bertz CT molecular complexity index is 478. The van der Waals surface area contributed by atoms with Crippen molar-refractivity contribution in [3.8, 4) is 0 Å². The van der Waals surface area contributed by atoms with Gasteiger partial charge in [0.1, 0.15) is 6.20 Å². The lowest BCUT2D eigenvalue weighted by atomic mass is 10.5. The Morgan fingerprint density at radius 2 is 2.35 bits per heavy atom. The third kappa shape index (κ3) is 2.12. The summed E-state index contributed by atoms with van der Waals surface area (Å²) in [6.45, 7) is -0.737. The molecule has 1 aromatic heterocycles. The number of hydrogen-bond acceptors (Lipinski definition) is 5. The van der Waals surface area contributed by atoms with Crippen molar-refractivity contribution in [2.24, 2.45) is 0 Å². The number of anilines is 1. The lowest BCUT2D eigenvalue weighted by Gasteiger charge is -2.12. The highest BCUT2D eigenvalue weighted by molar-refractivity contribution is 5.21. The van der Waals surface area contributed by atoms with Crippen LogP contribution in [0.2, 0.25) is 0 Å². The molecule has 0 radical (unpaired) electrons. The van der Waals surface area contributed by atoms with Crippen LogP contribution in [0.5, 0.6) is 0 Å². The molecule has 1 aliphatic heterocycles. The number of halogens is 2. The molecule has 2 rings (SSSR count). The molecule has 1 aliphatic rings. The fourth-order valence-electron chi connectivity index (χ4n) is 1.43. The van der Waals surface area contributed by atoms with Gasteiger partial charge in [0, 0.05) is 6.07 Å². The molecule has 0 saturated carbocycles. The van der Waals surface area contributed by atoms with Crippen LogP contribution >= 0.6 is 0 Å². The number of rotatable bonds is 2. The van der Waals surface area contributed by atoms with Gasteiger partial charge in [0.2, 0.25) is 0 Å². The molecule has 2 heterocycles. The van der Waals surface area contributed by atoms with E-state index in [9.17, 15) is 13.6 Å². The molecule has 1 fully saturated rings. The maximum absolute atomic E-state index is 13.3. The minimum atomic E-state index is -3.71. The highest BCUT2D eigenvalue weighted by atomic mass is 19.3. The average Bonchev–Trinajstić information content (AvgIpc) is 2.54. The van der Waals surface area contributed by atoms with E-state index in [1.165, 1.54) is 6.07 Å². The van der Waals surface area contributed by atoms with E-state index in [1.807, 2.05) is 0 Å². The standard InChI is InChI=1S/C8H9F2N3O4/c9-8(10)6(16-5(3-14)17-8)13-2-1-4(11)12-7(13)15/h1-2,5-6,14H,3H2,(H2,11,12,15)/p+1. The smallest absolute Gasteiger partial charge is 0.391 e. The van der Waals surface area contributed by atoms with Gasteiger partial charge >= 0.3 is 18.0 Å². The molecule has 0 aliphatic carbocycles. The Morgan fingerprint density at radius 1 is 1.65 bits per heavy atom. The normalized spacial score (nSPS) is 27.2. The number of H-pyrrole nitrogens is 1. The van der Waals surface area contributed by atoms with E-state index in [4.69, 9.17) is 15.6 Å². The Labute approximate surface area is 93.4 Å². The summed E-state index contributed by atoms with van der Waals surface area (Å²) in [4.78, 5) is 13.5.